The van der Waals surface area contributed by atoms with Gasteiger partial charge in [-0.15, -0.1) is 0 Å². The molecule has 0 radical (unpaired) electrons. The molecule has 0 aliphatic carbocycles. The molecular weight excluding hydrogens is 594 g/mol. The van der Waals surface area contributed by atoms with E-state index in [9.17, 15) is 31.1 Å². The Morgan fingerprint density at radius 3 is 2.00 bits per heavy atom. The normalized spacial score (nSPS) is 20.2. The molecule has 242 valence electrons. The SMILES string of the molecule is CC(=O)NC1(c2ccccc2)CCN(CCN2CCN(Cc3ccc(C(F)(F)F)c(C(F)(F)F)c3)CC2c2ccccc2)CC1. The van der Waals surface area contributed by atoms with Crippen molar-refractivity contribution < 1.29 is 31.1 Å². The van der Waals surface area contributed by atoms with Crippen molar-refractivity contribution >= 4 is 5.91 Å². The Morgan fingerprint density at radius 2 is 1.40 bits per heavy atom. The lowest BCUT2D eigenvalue weighted by molar-refractivity contribution is -0.162. The van der Waals surface area contributed by atoms with Crippen LogP contribution in [0.5, 0.6) is 0 Å². The first-order valence-corrected chi connectivity index (χ1v) is 15.2. The van der Waals surface area contributed by atoms with Gasteiger partial charge in [-0.2, -0.15) is 26.3 Å². The summed E-state index contributed by atoms with van der Waals surface area (Å²) in [7, 11) is 0. The van der Waals surface area contributed by atoms with Gasteiger partial charge in [0.1, 0.15) is 0 Å². The highest BCUT2D eigenvalue weighted by molar-refractivity contribution is 5.74. The monoisotopic (exact) mass is 632 g/mol. The van der Waals surface area contributed by atoms with Gasteiger partial charge in [0.2, 0.25) is 5.91 Å². The highest BCUT2D eigenvalue weighted by Crippen LogP contribution is 2.41. The number of halogens is 6. The van der Waals surface area contributed by atoms with Crippen molar-refractivity contribution in [2.45, 2.75) is 50.2 Å². The van der Waals surface area contributed by atoms with Gasteiger partial charge in [0.15, 0.2) is 0 Å². The summed E-state index contributed by atoms with van der Waals surface area (Å²) in [6, 6.07) is 22.3. The smallest absolute Gasteiger partial charge is 0.347 e. The molecule has 2 saturated heterocycles. The molecule has 2 fully saturated rings. The Hall–Kier alpha value is -3.41. The Kier molecular flexibility index (Phi) is 9.91. The number of nitrogens with one attached hydrogen (secondary N) is 1. The fraction of sp³-hybridized carbons (Fsp3) is 0.441. The third kappa shape index (κ3) is 8.06. The van der Waals surface area contributed by atoms with Crippen molar-refractivity contribution in [1.29, 1.82) is 0 Å². The van der Waals surface area contributed by atoms with Crippen LogP contribution in [0.2, 0.25) is 0 Å². The second-order valence-corrected chi connectivity index (χ2v) is 12.0. The first-order valence-electron chi connectivity index (χ1n) is 15.2. The molecular formula is C34H38F6N4O. The average molecular weight is 633 g/mol. The summed E-state index contributed by atoms with van der Waals surface area (Å²) < 4.78 is 80.5. The van der Waals surface area contributed by atoms with Crippen LogP contribution in [0.25, 0.3) is 0 Å². The van der Waals surface area contributed by atoms with Gasteiger partial charge in [0, 0.05) is 65.3 Å². The summed E-state index contributed by atoms with van der Waals surface area (Å²) in [6.07, 6.45) is -8.61. The minimum absolute atomic E-state index is 0.0240. The zero-order valence-electron chi connectivity index (χ0n) is 25.2. The van der Waals surface area contributed by atoms with Crippen molar-refractivity contribution in [2.24, 2.45) is 0 Å². The minimum Gasteiger partial charge on any atom is -0.347 e. The summed E-state index contributed by atoms with van der Waals surface area (Å²) in [5, 5.41) is 3.21. The van der Waals surface area contributed by atoms with E-state index in [0.29, 0.717) is 31.8 Å². The summed E-state index contributed by atoms with van der Waals surface area (Å²) in [4.78, 5) is 18.9. The largest absolute Gasteiger partial charge is 0.417 e. The van der Waals surface area contributed by atoms with Crippen LogP contribution in [0.1, 0.15) is 53.6 Å². The maximum absolute atomic E-state index is 13.6. The maximum atomic E-state index is 13.6. The van der Waals surface area contributed by atoms with Crippen molar-refractivity contribution in [3.05, 3.63) is 107 Å². The molecule has 1 atom stereocenters. The first kappa shape index (κ1) is 33.0. The molecule has 45 heavy (non-hydrogen) atoms. The molecule has 0 spiro atoms. The Bertz CT molecular complexity index is 1420. The Morgan fingerprint density at radius 1 is 0.778 bits per heavy atom. The number of piperidine rings is 1. The van der Waals surface area contributed by atoms with E-state index in [1.54, 1.807) is 6.92 Å². The molecule has 0 bridgehead atoms. The number of likely N-dealkylation sites (tertiary alicyclic amines) is 1. The van der Waals surface area contributed by atoms with E-state index in [0.717, 1.165) is 56.2 Å². The third-order valence-electron chi connectivity index (χ3n) is 9.02. The van der Waals surface area contributed by atoms with Crippen molar-refractivity contribution in [3.63, 3.8) is 0 Å². The Balaban J connectivity index is 1.25. The molecule has 2 heterocycles. The summed E-state index contributed by atoms with van der Waals surface area (Å²) >= 11 is 0. The molecule has 5 rings (SSSR count). The highest BCUT2D eigenvalue weighted by atomic mass is 19.4. The lowest BCUT2D eigenvalue weighted by Gasteiger charge is -2.45. The van der Waals surface area contributed by atoms with E-state index in [2.05, 4.69) is 27.2 Å². The summed E-state index contributed by atoms with van der Waals surface area (Å²) in [5.74, 6) is -0.0539. The van der Waals surface area contributed by atoms with Crippen LogP contribution < -0.4 is 5.32 Å². The van der Waals surface area contributed by atoms with Crippen LogP contribution in [0.3, 0.4) is 0 Å². The molecule has 11 heteroatoms. The topological polar surface area (TPSA) is 38.8 Å². The lowest BCUT2D eigenvalue weighted by Crippen LogP contribution is -2.54. The van der Waals surface area contributed by atoms with Crippen LogP contribution in [0.15, 0.2) is 78.9 Å². The maximum Gasteiger partial charge on any atom is 0.417 e. The number of nitrogens with zero attached hydrogens (tertiary/aromatic N) is 3. The van der Waals surface area contributed by atoms with Crippen LogP contribution in [0, 0.1) is 0 Å². The first-order chi connectivity index (χ1) is 21.3. The number of rotatable bonds is 8. The molecule has 3 aromatic rings. The quantitative estimate of drug-likeness (QED) is 0.281. The van der Waals surface area contributed by atoms with Crippen molar-refractivity contribution in [1.82, 2.24) is 20.0 Å². The van der Waals surface area contributed by atoms with E-state index >= 15 is 0 Å². The van der Waals surface area contributed by atoms with E-state index < -0.39 is 29.0 Å². The average Bonchev–Trinajstić information content (AvgIpc) is 3.01. The second-order valence-electron chi connectivity index (χ2n) is 12.0. The number of hydrogen-bond acceptors (Lipinski definition) is 4. The minimum atomic E-state index is -5.11. The molecule has 1 amide bonds. The predicted molar refractivity (Wildman–Crippen MR) is 160 cm³/mol. The molecule has 1 N–H and O–H groups in total. The van der Waals surface area contributed by atoms with Crippen LogP contribution in [-0.4, -0.2) is 66.4 Å². The standard InChI is InChI=1S/C34H38F6N4O/c1-25(45)41-32(28-10-6-3-7-11-28)14-16-42(17-15-32)18-20-44-21-19-43(24-31(44)27-8-4-2-5-9-27)23-26-12-13-29(33(35,36)37)30(22-26)34(38,39)40/h2-13,22,31H,14-21,23-24H2,1H3,(H,41,45). The lowest BCUT2D eigenvalue weighted by atomic mass is 9.80. The molecule has 0 aromatic heterocycles. The number of benzene rings is 3. The van der Waals surface area contributed by atoms with Gasteiger partial charge >= 0.3 is 12.4 Å². The Labute approximate surface area is 259 Å². The third-order valence-corrected chi connectivity index (χ3v) is 9.02. The van der Waals surface area contributed by atoms with Crippen molar-refractivity contribution in [2.75, 3.05) is 45.8 Å². The van der Waals surface area contributed by atoms with E-state index in [4.69, 9.17) is 0 Å². The van der Waals surface area contributed by atoms with Crippen molar-refractivity contribution in [3.8, 4) is 0 Å². The van der Waals surface area contributed by atoms with Crippen LogP contribution in [-0.2, 0) is 29.2 Å². The molecule has 5 nitrogen and oxygen atoms in total. The van der Waals surface area contributed by atoms with E-state index in [-0.39, 0.29) is 24.1 Å². The van der Waals surface area contributed by atoms with Gasteiger partial charge in [0.25, 0.3) is 0 Å². The zero-order valence-corrected chi connectivity index (χ0v) is 25.2. The number of amides is 1. The van der Waals surface area contributed by atoms with Crippen LogP contribution in [0.4, 0.5) is 26.3 Å². The summed E-state index contributed by atoms with van der Waals surface area (Å²) in [5.41, 5.74) is -1.33. The highest BCUT2D eigenvalue weighted by Gasteiger charge is 2.43. The molecule has 2 aliphatic rings. The number of alkyl halides is 6. The fourth-order valence-electron chi connectivity index (χ4n) is 6.72. The van der Waals surface area contributed by atoms with Gasteiger partial charge < -0.3 is 10.2 Å². The number of hydrogen-bond donors (Lipinski definition) is 1. The van der Waals surface area contributed by atoms with E-state index in [1.807, 2.05) is 53.4 Å². The van der Waals surface area contributed by atoms with Gasteiger partial charge in [-0.3, -0.25) is 14.6 Å². The van der Waals surface area contributed by atoms with Gasteiger partial charge in [-0.1, -0.05) is 66.7 Å². The molecule has 2 aliphatic heterocycles. The molecule has 3 aromatic carbocycles. The van der Waals surface area contributed by atoms with Gasteiger partial charge in [-0.05, 0) is 41.7 Å². The van der Waals surface area contributed by atoms with Gasteiger partial charge in [-0.25, -0.2) is 0 Å². The number of carbonyl (C=O) groups is 1. The van der Waals surface area contributed by atoms with Gasteiger partial charge in [0.05, 0.1) is 16.7 Å². The fourth-order valence-corrected chi connectivity index (χ4v) is 6.72. The molecule has 1 unspecified atom stereocenters. The number of carbonyl (C=O) groups excluding carboxylic acids is 1. The zero-order chi connectivity index (χ0) is 32.2. The predicted octanol–water partition coefficient (Wildman–Crippen LogP) is 6.71. The second kappa shape index (κ2) is 13.5. The van der Waals surface area contributed by atoms with E-state index in [1.165, 1.54) is 0 Å². The summed E-state index contributed by atoms with van der Waals surface area (Å²) in [6.45, 7) is 6.69. The number of piperazine rings is 1. The van der Waals surface area contributed by atoms with Crippen LogP contribution >= 0.6 is 0 Å². The molecule has 0 saturated carbocycles.